The SMILES string of the molecule is CC(=O)O[CH-]CCCOC(=O)C(C)(C)C.[C-]#N.[Cu+].[Zn+][Br]. The molecule has 0 aliphatic rings. The number of ether oxygens (including phenoxy) is 2. The van der Waals surface area contributed by atoms with Crippen molar-refractivity contribution in [2.75, 3.05) is 6.61 Å². The third-order valence-electron chi connectivity index (χ3n) is 1.56. The fourth-order valence-electron chi connectivity index (χ4n) is 0.724. The van der Waals surface area contributed by atoms with E-state index in [4.69, 9.17) is 16.6 Å². The molecule has 0 aromatic heterocycles. The number of unbranched alkanes of at least 4 members (excludes halogenated alkanes) is 1. The Hall–Kier alpha value is 0.0529. The van der Waals surface area contributed by atoms with Gasteiger partial charge in [-0.3, -0.25) is 9.59 Å². The molecule has 0 heterocycles. The van der Waals surface area contributed by atoms with Crippen LogP contribution >= 0.6 is 13.6 Å². The van der Waals surface area contributed by atoms with Crippen LogP contribution in [0.5, 0.6) is 0 Å². The zero-order chi connectivity index (χ0) is 15.9. The van der Waals surface area contributed by atoms with Gasteiger partial charge in [-0.1, -0.05) is 0 Å². The Balaban J connectivity index is -0.000000233. The monoisotopic (exact) mass is 447 g/mol. The van der Waals surface area contributed by atoms with Gasteiger partial charge in [-0.25, -0.2) is 0 Å². The van der Waals surface area contributed by atoms with Gasteiger partial charge in [0.05, 0.1) is 12.0 Å². The van der Waals surface area contributed by atoms with Crippen molar-refractivity contribution in [2.24, 2.45) is 5.41 Å². The van der Waals surface area contributed by atoms with E-state index in [2.05, 4.69) is 18.4 Å². The van der Waals surface area contributed by atoms with E-state index < -0.39 is 5.41 Å². The van der Waals surface area contributed by atoms with E-state index in [1.165, 1.54) is 29.9 Å². The Morgan fingerprint density at radius 1 is 1.30 bits per heavy atom. The molecule has 0 saturated heterocycles. The molecule has 116 valence electrons. The molecule has 0 unspecified atom stereocenters. The summed E-state index contributed by atoms with van der Waals surface area (Å²) in [5, 5.41) is 6.25. The number of nitrogens with zero attached hydrogens (tertiary/aromatic N) is 1. The first-order valence-corrected chi connectivity index (χ1v) is 12.4. The molecule has 0 atom stereocenters. The Morgan fingerprint density at radius 3 is 2.10 bits per heavy atom. The van der Waals surface area contributed by atoms with Crippen molar-refractivity contribution in [2.45, 2.75) is 40.5 Å². The molecule has 8 heteroatoms. The maximum absolute atomic E-state index is 11.3. The van der Waals surface area contributed by atoms with Crippen molar-refractivity contribution >= 4 is 25.6 Å². The number of hydrogen-bond donors (Lipinski definition) is 0. The quantitative estimate of drug-likeness (QED) is 0.279. The van der Waals surface area contributed by atoms with Gasteiger partial charge in [-0.05, 0) is 27.2 Å². The molecule has 0 aromatic rings. The second kappa shape index (κ2) is 19.1. The van der Waals surface area contributed by atoms with Gasteiger partial charge in [-0.2, -0.15) is 6.61 Å². The summed E-state index contributed by atoms with van der Waals surface area (Å²) >= 11 is 4.25. The Labute approximate surface area is 148 Å². The molecule has 0 saturated carbocycles. The Kier molecular flexibility index (Phi) is 26.9. The van der Waals surface area contributed by atoms with Gasteiger partial charge < -0.3 is 21.3 Å². The topological polar surface area (TPSA) is 76.4 Å². The van der Waals surface area contributed by atoms with Crippen molar-refractivity contribution in [1.82, 2.24) is 0 Å². The molecule has 0 aliphatic carbocycles. The van der Waals surface area contributed by atoms with Crippen LogP contribution in [-0.4, -0.2) is 18.5 Å². The number of esters is 2. The van der Waals surface area contributed by atoms with Crippen molar-refractivity contribution in [3.05, 3.63) is 13.2 Å². The molecule has 0 aromatic carbocycles. The van der Waals surface area contributed by atoms with Crippen molar-refractivity contribution < 1.29 is 52.5 Å². The number of halogens is 1. The van der Waals surface area contributed by atoms with Crippen molar-refractivity contribution in [3.8, 4) is 0 Å². The average molecular weight is 450 g/mol. The summed E-state index contributed by atoms with van der Waals surface area (Å²) < 4.78 is 9.63. The summed E-state index contributed by atoms with van der Waals surface area (Å²) in [6.07, 6.45) is 1.26. The second-order valence-electron chi connectivity index (χ2n) is 4.30. The van der Waals surface area contributed by atoms with E-state index in [-0.39, 0.29) is 29.0 Å². The van der Waals surface area contributed by atoms with Crippen molar-refractivity contribution in [3.63, 3.8) is 0 Å². The summed E-state index contributed by atoms with van der Waals surface area (Å²) in [7, 11) is 0. The molecule has 0 aliphatic heterocycles. The fraction of sp³-hybridized carbons (Fsp3) is 0.667. The number of rotatable bonds is 5. The number of carbonyl (C=O) groups excluding carboxylic acids is 2. The van der Waals surface area contributed by atoms with Gasteiger partial charge >= 0.3 is 53.0 Å². The fourth-order valence-corrected chi connectivity index (χ4v) is 0.724. The van der Waals surface area contributed by atoms with E-state index in [0.29, 0.717) is 19.4 Å². The number of carbonyl (C=O) groups is 2. The van der Waals surface area contributed by atoms with Gasteiger partial charge in [0.2, 0.25) is 0 Å². The van der Waals surface area contributed by atoms with Gasteiger partial charge in [0.15, 0.2) is 0 Å². The molecule has 0 N–H and O–H groups in total. The van der Waals surface area contributed by atoms with Crippen LogP contribution in [0, 0.1) is 23.9 Å². The van der Waals surface area contributed by atoms with Crippen LogP contribution in [0.15, 0.2) is 0 Å². The van der Waals surface area contributed by atoms with Gasteiger partial charge in [0.25, 0.3) is 5.97 Å². The third kappa shape index (κ3) is 23.2. The standard InChI is InChI=1S/C11H19O4.CN.BrH.Cu.Zn/c1-9(12)14-7-5-6-8-15-10(13)11(2,3)4;1-2;;;/h7H,5-6,8H2,1-4H3;;1H;;/q2*-1;;+1;+2/p-1. The van der Waals surface area contributed by atoms with Crippen molar-refractivity contribution in [1.29, 1.82) is 5.26 Å². The Bertz CT molecular complexity index is 270. The molecule has 0 fully saturated rings. The van der Waals surface area contributed by atoms with Gasteiger partial charge in [0, 0.05) is 6.92 Å². The molecule has 0 spiro atoms. The molecule has 20 heavy (non-hydrogen) atoms. The molecule has 5 nitrogen and oxygen atoms in total. The zero-order valence-electron chi connectivity index (χ0n) is 12.2. The second-order valence-corrected chi connectivity index (χ2v) is 4.30. The van der Waals surface area contributed by atoms with Gasteiger partial charge in [-0.15, -0.1) is 6.42 Å². The minimum absolute atomic E-state index is 0. The first-order chi connectivity index (χ1) is 8.84. The van der Waals surface area contributed by atoms with E-state index in [1.807, 2.05) is 0 Å². The zero-order valence-corrected chi connectivity index (χ0v) is 17.7. The molecular formula is C12H19BrCuNO4Zn. The summed E-state index contributed by atoms with van der Waals surface area (Å²) in [5.41, 5.74) is -0.459. The predicted octanol–water partition coefficient (Wildman–Crippen LogP) is 3.02. The van der Waals surface area contributed by atoms with E-state index >= 15 is 0 Å². The van der Waals surface area contributed by atoms with Crippen LogP contribution in [-0.2, 0) is 52.5 Å². The van der Waals surface area contributed by atoms with E-state index in [1.54, 1.807) is 20.8 Å². The molecule has 0 amide bonds. The minimum atomic E-state index is -0.459. The third-order valence-corrected chi connectivity index (χ3v) is 1.56. The first kappa shape index (κ1) is 28.2. The molecule has 0 radical (unpaired) electrons. The summed E-state index contributed by atoms with van der Waals surface area (Å²) in [6, 6.07) is 0. The average Bonchev–Trinajstić information content (AvgIpc) is 2.36. The van der Waals surface area contributed by atoms with Crippen LogP contribution in [0.2, 0.25) is 0 Å². The molecule has 0 bridgehead atoms. The van der Waals surface area contributed by atoms with Crippen LogP contribution < -0.4 is 0 Å². The van der Waals surface area contributed by atoms with Crippen LogP contribution in [0.3, 0.4) is 0 Å². The van der Waals surface area contributed by atoms with Crippen LogP contribution in [0.4, 0.5) is 0 Å². The maximum atomic E-state index is 11.3. The van der Waals surface area contributed by atoms with E-state index in [0.717, 1.165) is 0 Å². The predicted molar refractivity (Wildman–Crippen MR) is 69.6 cm³/mol. The van der Waals surface area contributed by atoms with Gasteiger partial charge in [0.1, 0.15) is 0 Å². The summed E-state index contributed by atoms with van der Waals surface area (Å²) in [5.74, 6) is -0.545. The summed E-state index contributed by atoms with van der Waals surface area (Å²) in [6.45, 7) is 13.3. The first-order valence-electron chi connectivity index (χ1n) is 5.49. The molecule has 0 rings (SSSR count). The van der Waals surface area contributed by atoms with Crippen LogP contribution in [0.25, 0.3) is 0 Å². The Morgan fingerprint density at radius 2 is 1.75 bits per heavy atom. The molecular weight excluding hydrogens is 431 g/mol. The summed E-state index contributed by atoms with van der Waals surface area (Å²) in [4.78, 5) is 21.7. The number of hydrogen-bond acceptors (Lipinski definition) is 5. The normalized spacial score (nSPS) is 8.65. The van der Waals surface area contributed by atoms with Crippen LogP contribution in [0.1, 0.15) is 40.5 Å². The van der Waals surface area contributed by atoms with E-state index in [9.17, 15) is 9.59 Å².